The summed E-state index contributed by atoms with van der Waals surface area (Å²) in [4.78, 5) is 12.9. The van der Waals surface area contributed by atoms with Crippen molar-refractivity contribution in [2.75, 3.05) is 25.1 Å². The van der Waals surface area contributed by atoms with Crippen molar-refractivity contribution in [2.45, 2.75) is 11.5 Å². The van der Waals surface area contributed by atoms with Gasteiger partial charge in [-0.1, -0.05) is 35.9 Å². The van der Waals surface area contributed by atoms with Gasteiger partial charge in [-0.3, -0.25) is 9.10 Å². The summed E-state index contributed by atoms with van der Waals surface area (Å²) in [5.74, 6) is 0.810. The number of para-hydroxylation sites is 2. The maximum atomic E-state index is 13.6. The molecule has 0 aliphatic heterocycles. The van der Waals surface area contributed by atoms with E-state index in [2.05, 4.69) is 10.5 Å². The smallest absolute Gasteiger partial charge is 0.264 e. The second-order valence-electron chi connectivity index (χ2n) is 8.64. The van der Waals surface area contributed by atoms with E-state index >= 15 is 0 Å². The number of methoxy groups -OCH3 is 2. The molecule has 0 spiro atoms. The van der Waals surface area contributed by atoms with Crippen LogP contribution in [0, 0.1) is 0 Å². The minimum absolute atomic E-state index is 0.0149. The molecular formula is C30H28ClN3O6S. The molecule has 1 amide bonds. The molecular weight excluding hydrogens is 566 g/mol. The summed E-state index contributed by atoms with van der Waals surface area (Å²) in [7, 11) is -1.24. The van der Waals surface area contributed by atoms with Crippen molar-refractivity contribution in [3.63, 3.8) is 0 Å². The third kappa shape index (κ3) is 7.77. The Morgan fingerprint density at radius 2 is 1.54 bits per heavy atom. The molecule has 0 aliphatic rings. The Balaban J connectivity index is 1.43. The number of nitrogens with zero attached hydrogens (tertiary/aromatic N) is 2. The van der Waals surface area contributed by atoms with E-state index in [-0.39, 0.29) is 10.6 Å². The van der Waals surface area contributed by atoms with Gasteiger partial charge in [0.25, 0.3) is 15.9 Å². The van der Waals surface area contributed by atoms with Crippen molar-refractivity contribution in [2.24, 2.45) is 5.10 Å². The van der Waals surface area contributed by atoms with E-state index in [0.717, 1.165) is 9.87 Å². The summed E-state index contributed by atoms with van der Waals surface area (Å²) >= 11 is 5.91. The quantitative estimate of drug-likeness (QED) is 0.177. The Morgan fingerprint density at radius 1 is 0.878 bits per heavy atom. The number of hydrogen-bond donors (Lipinski definition) is 1. The van der Waals surface area contributed by atoms with Crippen molar-refractivity contribution >= 4 is 39.4 Å². The molecule has 4 rings (SSSR count). The number of halogens is 1. The molecule has 1 N–H and O–H groups in total. The minimum atomic E-state index is -4.15. The van der Waals surface area contributed by atoms with Gasteiger partial charge in [0.05, 0.1) is 31.0 Å². The van der Waals surface area contributed by atoms with E-state index in [9.17, 15) is 13.2 Å². The first-order valence-electron chi connectivity index (χ1n) is 12.4. The van der Waals surface area contributed by atoms with Gasteiger partial charge in [0, 0.05) is 5.02 Å². The monoisotopic (exact) mass is 593 g/mol. The predicted molar refractivity (Wildman–Crippen MR) is 158 cm³/mol. The summed E-state index contributed by atoms with van der Waals surface area (Å²) in [6, 6.07) is 27.0. The molecule has 0 bridgehead atoms. The molecule has 0 saturated heterocycles. The molecule has 0 radical (unpaired) electrons. The second kappa shape index (κ2) is 13.7. The first-order chi connectivity index (χ1) is 19.8. The fourth-order valence-corrected chi connectivity index (χ4v) is 5.31. The number of anilines is 1. The third-order valence-corrected chi connectivity index (χ3v) is 7.92. The van der Waals surface area contributed by atoms with E-state index in [1.165, 1.54) is 44.7 Å². The van der Waals surface area contributed by atoms with Crippen LogP contribution >= 0.6 is 11.6 Å². The Labute approximate surface area is 244 Å². The Morgan fingerprint density at radius 3 is 2.20 bits per heavy atom. The fourth-order valence-electron chi connectivity index (χ4n) is 3.75. The number of ether oxygens (including phenoxy) is 3. The van der Waals surface area contributed by atoms with Crippen molar-refractivity contribution < 1.29 is 27.4 Å². The molecule has 212 valence electrons. The highest BCUT2D eigenvalue weighted by Crippen LogP contribution is 2.32. The molecule has 0 heterocycles. The molecule has 0 unspecified atom stereocenters. The van der Waals surface area contributed by atoms with Gasteiger partial charge in [-0.15, -0.1) is 0 Å². The van der Waals surface area contributed by atoms with Crippen LogP contribution < -0.4 is 23.9 Å². The zero-order valence-corrected chi connectivity index (χ0v) is 23.9. The maximum absolute atomic E-state index is 13.6. The second-order valence-corrected chi connectivity index (χ2v) is 10.9. The number of carbonyl (C=O) groups excluding carboxylic acids is 1. The van der Waals surface area contributed by atoms with Crippen molar-refractivity contribution in [1.29, 1.82) is 0 Å². The van der Waals surface area contributed by atoms with Crippen molar-refractivity contribution in [3.8, 4) is 17.2 Å². The minimum Gasteiger partial charge on any atom is -0.497 e. The largest absolute Gasteiger partial charge is 0.497 e. The normalized spacial score (nSPS) is 11.2. The number of hydrogen-bond acceptors (Lipinski definition) is 7. The average molecular weight is 594 g/mol. The SMILES string of the molecule is COc1ccc(S(=O)(=O)N(CC(=O)N/N=C\c2ccc(OCc3ccc(Cl)cc3)cc2)c2ccccc2OC)cc1. The third-order valence-electron chi connectivity index (χ3n) is 5.89. The number of benzene rings is 4. The Hall–Kier alpha value is -4.54. The summed E-state index contributed by atoms with van der Waals surface area (Å²) in [6.45, 7) is -0.146. The van der Waals surface area contributed by atoms with Crippen LogP contribution in [0.25, 0.3) is 0 Å². The van der Waals surface area contributed by atoms with Crippen LogP contribution in [0.2, 0.25) is 5.02 Å². The van der Waals surface area contributed by atoms with Crippen molar-refractivity contribution in [3.05, 3.63) is 113 Å². The molecule has 0 fully saturated rings. The number of carbonyl (C=O) groups is 1. The molecule has 41 heavy (non-hydrogen) atoms. The lowest BCUT2D eigenvalue weighted by molar-refractivity contribution is -0.119. The van der Waals surface area contributed by atoms with Gasteiger partial charge < -0.3 is 14.2 Å². The number of sulfonamides is 1. The summed E-state index contributed by atoms with van der Waals surface area (Å²) in [5, 5.41) is 4.66. The van der Waals surface area contributed by atoms with Gasteiger partial charge in [0.2, 0.25) is 0 Å². The van der Waals surface area contributed by atoms with Crippen LogP contribution in [0.5, 0.6) is 17.2 Å². The first kappa shape index (κ1) is 29.4. The fraction of sp³-hybridized carbons (Fsp3) is 0.133. The molecule has 0 atom stereocenters. The van der Waals surface area contributed by atoms with Crippen molar-refractivity contribution in [1.82, 2.24) is 5.43 Å². The zero-order chi connectivity index (χ0) is 29.2. The van der Waals surface area contributed by atoms with Crippen LogP contribution in [0.3, 0.4) is 0 Å². The number of hydrazone groups is 1. The van der Waals surface area contributed by atoms with Crippen LogP contribution in [0.1, 0.15) is 11.1 Å². The van der Waals surface area contributed by atoms with E-state index in [4.69, 9.17) is 25.8 Å². The van der Waals surface area contributed by atoms with Crippen LogP contribution in [-0.4, -0.2) is 41.3 Å². The summed E-state index contributed by atoms with van der Waals surface area (Å²) < 4.78 is 44.5. The predicted octanol–water partition coefficient (Wildman–Crippen LogP) is 5.28. The summed E-state index contributed by atoms with van der Waals surface area (Å²) in [6.07, 6.45) is 1.45. The number of nitrogens with one attached hydrogen (secondary N) is 1. The molecule has 4 aromatic rings. The van der Waals surface area contributed by atoms with Gasteiger partial charge in [-0.25, -0.2) is 13.8 Å². The topological polar surface area (TPSA) is 107 Å². The van der Waals surface area contributed by atoms with Crippen LogP contribution in [-0.2, 0) is 21.4 Å². The first-order valence-corrected chi connectivity index (χ1v) is 14.2. The van der Waals surface area contributed by atoms with Gasteiger partial charge in [0.15, 0.2) is 0 Å². The average Bonchev–Trinajstić information content (AvgIpc) is 3.00. The maximum Gasteiger partial charge on any atom is 0.264 e. The lowest BCUT2D eigenvalue weighted by atomic mass is 10.2. The van der Waals surface area contributed by atoms with E-state index < -0.39 is 22.5 Å². The van der Waals surface area contributed by atoms with Gasteiger partial charge in [-0.05, 0) is 83.9 Å². The highest BCUT2D eigenvalue weighted by atomic mass is 35.5. The Kier molecular flexibility index (Phi) is 9.83. The van der Waals surface area contributed by atoms with Crippen LogP contribution in [0.15, 0.2) is 107 Å². The van der Waals surface area contributed by atoms with Crippen LogP contribution in [0.4, 0.5) is 5.69 Å². The molecule has 9 nitrogen and oxygen atoms in total. The highest BCUT2D eigenvalue weighted by molar-refractivity contribution is 7.92. The van der Waals surface area contributed by atoms with Gasteiger partial charge in [0.1, 0.15) is 30.4 Å². The molecule has 0 aliphatic carbocycles. The van der Waals surface area contributed by atoms with Gasteiger partial charge in [-0.2, -0.15) is 5.10 Å². The number of amides is 1. The molecule has 0 aromatic heterocycles. The van der Waals surface area contributed by atoms with E-state index in [1.807, 2.05) is 12.1 Å². The van der Waals surface area contributed by atoms with E-state index in [1.54, 1.807) is 60.7 Å². The lowest BCUT2D eigenvalue weighted by Gasteiger charge is -2.25. The number of rotatable bonds is 12. The molecule has 0 saturated carbocycles. The Bertz CT molecular complexity index is 1590. The summed E-state index contributed by atoms with van der Waals surface area (Å²) in [5.41, 5.74) is 4.30. The zero-order valence-electron chi connectivity index (χ0n) is 22.4. The standard InChI is InChI=1S/C30H28ClN3O6S/c1-38-25-15-17-27(18-16-25)41(36,37)34(28-5-3-4-6-29(28)39-2)20-30(35)33-32-19-22-9-13-26(14-10-22)40-21-23-7-11-24(31)12-8-23/h3-19H,20-21H2,1-2H3,(H,33,35)/b32-19-. The van der Waals surface area contributed by atoms with Gasteiger partial charge >= 0.3 is 0 Å². The van der Waals surface area contributed by atoms with E-state index in [0.29, 0.717) is 34.4 Å². The molecule has 4 aromatic carbocycles. The lowest BCUT2D eigenvalue weighted by Crippen LogP contribution is -2.39. The molecule has 11 heteroatoms. The highest BCUT2D eigenvalue weighted by Gasteiger charge is 2.29.